The molecule has 0 bridgehead atoms. The number of rotatable bonds is 4. The van der Waals surface area contributed by atoms with Crippen molar-refractivity contribution in [1.82, 2.24) is 8.97 Å². The van der Waals surface area contributed by atoms with Gasteiger partial charge in [-0.15, -0.1) is 0 Å². The lowest BCUT2D eigenvalue weighted by Gasteiger charge is -2.39. The molecule has 0 spiro atoms. The lowest BCUT2D eigenvalue weighted by molar-refractivity contribution is 1.18. The molecule has 4 heteroatoms. The van der Waals surface area contributed by atoms with Crippen LogP contribution in [0.15, 0.2) is 194 Å². The van der Waals surface area contributed by atoms with E-state index in [1.54, 1.807) is 0 Å². The van der Waals surface area contributed by atoms with Gasteiger partial charge in [0.15, 0.2) is 0 Å². The van der Waals surface area contributed by atoms with Crippen LogP contribution in [0.4, 0.5) is 34.1 Å². The van der Waals surface area contributed by atoms with E-state index in [1.165, 1.54) is 77.3 Å². The molecule has 0 saturated heterocycles. The van der Waals surface area contributed by atoms with Gasteiger partial charge in [-0.05, 0) is 90.0 Å². The molecule has 1 aliphatic heterocycles. The molecular weight excluding hydrogens is 657 g/mol. The summed E-state index contributed by atoms with van der Waals surface area (Å²) in [5.74, 6) is 0. The molecule has 1 aliphatic rings. The van der Waals surface area contributed by atoms with Crippen molar-refractivity contribution >= 4 is 83.3 Å². The van der Waals surface area contributed by atoms with E-state index in [2.05, 4.69) is 213 Å². The number of hydrogen-bond acceptors (Lipinski definition) is 2. The molecule has 0 unspecified atom stereocenters. The number of anilines is 6. The minimum Gasteiger partial charge on any atom is -0.309 e. The third-order valence-corrected chi connectivity index (χ3v) is 11.3. The molecule has 0 saturated carbocycles. The average Bonchev–Trinajstić information content (AvgIpc) is 3.89. The van der Waals surface area contributed by atoms with Gasteiger partial charge < -0.3 is 18.8 Å². The van der Waals surface area contributed by atoms with Crippen LogP contribution >= 0.6 is 0 Å². The smallest absolute Gasteiger partial charge is 0.0975 e. The Kier molecular flexibility index (Phi) is 6.02. The molecule has 0 N–H and O–H groups in total. The van der Waals surface area contributed by atoms with Gasteiger partial charge in [-0.25, -0.2) is 0 Å². The topological polar surface area (TPSA) is 15.8 Å². The Bertz CT molecular complexity index is 3210. The van der Waals surface area contributed by atoms with Crippen LogP contribution in [0.25, 0.3) is 65.9 Å². The Balaban J connectivity index is 1.15. The molecule has 0 fully saturated rings. The lowest BCUT2D eigenvalue weighted by Crippen LogP contribution is -2.23. The molecule has 4 aromatic heterocycles. The number of para-hydroxylation sites is 4. The standard InChI is InChI=1S/C50H32N4/c1-4-15-35(16-5-1)51-42-24-13-12-22-39(42)41-31-33(27-29-44(41)51)34-28-30-45-47(32-34)53(37-19-8-3-9-20-37)49-46-26-14-25-43-38-21-10-11-23-40(38)48(54(43)46)50(49)52(45)36-17-6-2-7-18-36/h1-32H. The SMILES string of the molecule is c1ccc(N2c3cc(-c4ccc5c(c4)c4ccccc4n5-c4ccccc4)ccc3N(c3ccccc3)c3c2c2cccc4c5ccccc5c3n24)cc1. The fourth-order valence-electron chi connectivity index (χ4n) is 9.09. The number of fused-ring (bicyclic) bond motifs is 10. The van der Waals surface area contributed by atoms with E-state index in [0.29, 0.717) is 0 Å². The second-order valence-electron chi connectivity index (χ2n) is 14.2. The van der Waals surface area contributed by atoms with Gasteiger partial charge in [0.25, 0.3) is 0 Å². The Hall–Kier alpha value is -7.30. The molecule has 4 nitrogen and oxygen atoms in total. The first-order valence-corrected chi connectivity index (χ1v) is 18.5. The van der Waals surface area contributed by atoms with Crippen LogP contribution in [0.5, 0.6) is 0 Å². The number of hydrogen-bond donors (Lipinski definition) is 0. The van der Waals surface area contributed by atoms with E-state index in [-0.39, 0.29) is 0 Å². The van der Waals surface area contributed by atoms with Crippen molar-refractivity contribution in [3.05, 3.63) is 194 Å². The quantitative estimate of drug-likeness (QED) is 0.183. The third kappa shape index (κ3) is 3.97. The maximum absolute atomic E-state index is 2.49. The van der Waals surface area contributed by atoms with Crippen molar-refractivity contribution in [3.63, 3.8) is 0 Å². The summed E-state index contributed by atoms with van der Waals surface area (Å²) in [5.41, 5.74) is 16.5. The van der Waals surface area contributed by atoms with Crippen LogP contribution in [-0.4, -0.2) is 8.97 Å². The first kappa shape index (κ1) is 29.3. The molecule has 11 aromatic rings. The van der Waals surface area contributed by atoms with Crippen molar-refractivity contribution in [1.29, 1.82) is 0 Å². The van der Waals surface area contributed by atoms with E-state index in [4.69, 9.17) is 0 Å². The molecule has 12 rings (SSSR count). The molecular formula is C50H32N4. The minimum atomic E-state index is 1.13. The highest BCUT2D eigenvalue weighted by atomic mass is 15.3. The Morgan fingerprint density at radius 1 is 0.296 bits per heavy atom. The van der Waals surface area contributed by atoms with Crippen LogP contribution in [-0.2, 0) is 0 Å². The average molecular weight is 689 g/mol. The normalized spacial score (nSPS) is 12.7. The molecule has 0 atom stereocenters. The number of benzene rings is 7. The highest BCUT2D eigenvalue weighted by Gasteiger charge is 2.37. The van der Waals surface area contributed by atoms with Gasteiger partial charge in [0.1, 0.15) is 0 Å². The first-order chi connectivity index (χ1) is 26.8. The molecule has 0 radical (unpaired) electrons. The Morgan fingerprint density at radius 3 is 1.54 bits per heavy atom. The van der Waals surface area contributed by atoms with Crippen LogP contribution in [0.1, 0.15) is 0 Å². The summed E-state index contributed by atoms with van der Waals surface area (Å²) in [7, 11) is 0. The Morgan fingerprint density at radius 2 is 0.815 bits per heavy atom. The van der Waals surface area contributed by atoms with Gasteiger partial charge in [0, 0.05) is 38.6 Å². The predicted molar refractivity (Wildman–Crippen MR) is 226 cm³/mol. The van der Waals surface area contributed by atoms with Crippen LogP contribution in [0.3, 0.4) is 0 Å². The molecule has 252 valence electrons. The summed E-state index contributed by atoms with van der Waals surface area (Å²) in [6.07, 6.45) is 0. The third-order valence-electron chi connectivity index (χ3n) is 11.3. The van der Waals surface area contributed by atoms with Crippen LogP contribution < -0.4 is 9.80 Å². The fraction of sp³-hybridized carbons (Fsp3) is 0. The molecule has 5 heterocycles. The number of nitrogens with zero attached hydrogens (tertiary/aromatic N) is 4. The van der Waals surface area contributed by atoms with Crippen molar-refractivity contribution in [2.75, 3.05) is 9.80 Å². The first-order valence-electron chi connectivity index (χ1n) is 18.5. The molecule has 54 heavy (non-hydrogen) atoms. The number of aromatic nitrogens is 2. The maximum atomic E-state index is 2.49. The largest absolute Gasteiger partial charge is 0.309 e. The monoisotopic (exact) mass is 688 g/mol. The molecule has 0 amide bonds. The second kappa shape index (κ2) is 11.1. The van der Waals surface area contributed by atoms with Gasteiger partial charge in [-0.3, -0.25) is 0 Å². The second-order valence-corrected chi connectivity index (χ2v) is 14.2. The van der Waals surface area contributed by atoms with E-state index >= 15 is 0 Å². The summed E-state index contributed by atoms with van der Waals surface area (Å²) >= 11 is 0. The van der Waals surface area contributed by atoms with E-state index < -0.39 is 0 Å². The predicted octanol–water partition coefficient (Wildman–Crippen LogP) is 13.7. The van der Waals surface area contributed by atoms with Crippen molar-refractivity contribution in [2.24, 2.45) is 0 Å². The lowest BCUT2D eigenvalue weighted by atomic mass is 9.98. The van der Waals surface area contributed by atoms with Gasteiger partial charge in [0.2, 0.25) is 0 Å². The zero-order valence-corrected chi connectivity index (χ0v) is 29.3. The number of pyridine rings is 1. The van der Waals surface area contributed by atoms with Gasteiger partial charge in [-0.2, -0.15) is 0 Å². The van der Waals surface area contributed by atoms with Crippen LogP contribution in [0, 0.1) is 0 Å². The fourth-order valence-corrected chi connectivity index (χ4v) is 9.09. The highest BCUT2D eigenvalue weighted by molar-refractivity contribution is 6.23. The van der Waals surface area contributed by atoms with Gasteiger partial charge in [0.05, 0.1) is 50.3 Å². The zero-order chi connectivity index (χ0) is 35.3. The summed E-state index contributed by atoms with van der Waals surface area (Å²) in [4.78, 5) is 4.97. The summed E-state index contributed by atoms with van der Waals surface area (Å²) < 4.78 is 4.86. The Labute approximate surface area is 311 Å². The van der Waals surface area contributed by atoms with Crippen LogP contribution in [0.2, 0.25) is 0 Å². The minimum absolute atomic E-state index is 1.13. The van der Waals surface area contributed by atoms with Gasteiger partial charge in [-0.1, -0.05) is 115 Å². The van der Waals surface area contributed by atoms with Crippen molar-refractivity contribution in [3.8, 4) is 16.8 Å². The maximum Gasteiger partial charge on any atom is 0.0975 e. The van der Waals surface area contributed by atoms with E-state index in [1.807, 2.05) is 0 Å². The highest BCUT2D eigenvalue weighted by Crippen LogP contribution is 2.60. The summed E-state index contributed by atoms with van der Waals surface area (Å²) in [6.45, 7) is 0. The van der Waals surface area contributed by atoms with E-state index in [9.17, 15) is 0 Å². The summed E-state index contributed by atoms with van der Waals surface area (Å²) in [6, 6.07) is 70.7. The van der Waals surface area contributed by atoms with Gasteiger partial charge >= 0.3 is 0 Å². The molecule has 0 aliphatic carbocycles. The summed E-state index contributed by atoms with van der Waals surface area (Å²) in [5, 5.41) is 5.02. The van der Waals surface area contributed by atoms with E-state index in [0.717, 1.165) is 22.7 Å². The molecule has 7 aromatic carbocycles. The van der Waals surface area contributed by atoms with Crippen molar-refractivity contribution < 1.29 is 0 Å². The zero-order valence-electron chi connectivity index (χ0n) is 29.3. The van der Waals surface area contributed by atoms with Crippen molar-refractivity contribution in [2.45, 2.75) is 0 Å².